The molecular weight excluding hydrogens is 446 g/mol. The van der Waals surface area contributed by atoms with Crippen LogP contribution in [0.4, 0.5) is 0 Å². The van der Waals surface area contributed by atoms with Gasteiger partial charge in [-0.2, -0.15) is 4.31 Å². The second kappa shape index (κ2) is 9.97. The van der Waals surface area contributed by atoms with E-state index in [1.807, 2.05) is 18.2 Å². The number of rotatable bonds is 8. The number of aromatic nitrogens is 1. The zero-order chi connectivity index (χ0) is 22.6. The van der Waals surface area contributed by atoms with Crippen LogP contribution in [-0.2, 0) is 21.2 Å². The topological polar surface area (TPSA) is 79.8 Å². The smallest absolute Gasteiger partial charge is 0.243 e. The number of methoxy groups -OCH3 is 1. The molecule has 0 spiro atoms. The second-order valence-electron chi connectivity index (χ2n) is 7.74. The summed E-state index contributed by atoms with van der Waals surface area (Å²) in [6.07, 6.45) is 3.08. The Hall–Kier alpha value is -2.49. The highest BCUT2D eigenvalue weighted by atomic mass is 32.2. The first kappa shape index (κ1) is 22.7. The van der Waals surface area contributed by atoms with Crippen molar-refractivity contribution in [3.8, 4) is 5.75 Å². The number of para-hydroxylation sites is 1. The summed E-state index contributed by atoms with van der Waals surface area (Å²) in [5.41, 5.74) is 1.03. The number of thiazole rings is 1. The third-order valence-corrected chi connectivity index (χ3v) is 8.67. The van der Waals surface area contributed by atoms with Crippen LogP contribution in [0.15, 0.2) is 53.4 Å². The number of piperazine rings is 1. The van der Waals surface area contributed by atoms with Gasteiger partial charge in [0, 0.05) is 32.6 Å². The Bertz CT molecular complexity index is 1130. The van der Waals surface area contributed by atoms with E-state index in [-0.39, 0.29) is 10.8 Å². The largest absolute Gasteiger partial charge is 0.497 e. The van der Waals surface area contributed by atoms with Crippen LogP contribution in [-0.4, -0.2) is 61.8 Å². The lowest BCUT2D eigenvalue weighted by Crippen LogP contribution is -2.50. The average Bonchev–Trinajstić information content (AvgIpc) is 3.25. The van der Waals surface area contributed by atoms with Gasteiger partial charge in [-0.15, -0.1) is 11.3 Å². The van der Waals surface area contributed by atoms with Crippen molar-refractivity contribution < 1.29 is 17.9 Å². The van der Waals surface area contributed by atoms with Gasteiger partial charge in [0.05, 0.1) is 27.2 Å². The molecule has 4 rings (SSSR count). The number of sulfonamides is 1. The lowest BCUT2D eigenvalue weighted by Gasteiger charge is -2.34. The quantitative estimate of drug-likeness (QED) is 0.468. The van der Waals surface area contributed by atoms with E-state index in [1.54, 1.807) is 47.6 Å². The molecule has 1 aliphatic rings. The molecule has 1 aromatic heterocycles. The van der Waals surface area contributed by atoms with Gasteiger partial charge >= 0.3 is 0 Å². The summed E-state index contributed by atoms with van der Waals surface area (Å²) in [5, 5.41) is 1.11. The van der Waals surface area contributed by atoms with Crippen LogP contribution in [0.2, 0.25) is 0 Å². The number of carbonyl (C=O) groups excluding carboxylic acids is 1. The number of ether oxygens (including phenoxy) is 1. The van der Waals surface area contributed by atoms with Crippen LogP contribution in [0.25, 0.3) is 10.2 Å². The van der Waals surface area contributed by atoms with Gasteiger partial charge in [0.1, 0.15) is 5.75 Å². The highest BCUT2D eigenvalue weighted by Gasteiger charge is 2.29. The standard InChI is InChI=1S/C23H27N3O4S2/c1-30-18-10-12-19(13-11-18)32(28,29)26-16-14-25(15-17-26)23(27)9-5-4-8-22-24-20-6-2-3-7-21(20)31-22/h2-3,6-7,10-13H,4-5,8-9,14-17H2,1H3. The molecule has 9 heteroatoms. The van der Waals surface area contributed by atoms with Crippen molar-refractivity contribution in [2.45, 2.75) is 30.6 Å². The van der Waals surface area contributed by atoms with Crippen molar-refractivity contribution in [2.75, 3.05) is 33.3 Å². The second-order valence-corrected chi connectivity index (χ2v) is 10.8. The molecular formula is C23H27N3O4S2. The summed E-state index contributed by atoms with van der Waals surface area (Å²) < 4.78 is 33.4. The third-order valence-electron chi connectivity index (χ3n) is 5.66. The van der Waals surface area contributed by atoms with E-state index in [4.69, 9.17) is 4.74 Å². The summed E-state index contributed by atoms with van der Waals surface area (Å²) in [6.45, 7) is 1.47. The molecule has 0 atom stereocenters. The van der Waals surface area contributed by atoms with Crippen LogP contribution in [0.1, 0.15) is 24.3 Å². The van der Waals surface area contributed by atoms with Crippen molar-refractivity contribution in [3.63, 3.8) is 0 Å². The summed E-state index contributed by atoms with van der Waals surface area (Å²) in [4.78, 5) is 19.2. The Balaban J connectivity index is 1.22. The lowest BCUT2D eigenvalue weighted by atomic mass is 10.1. The van der Waals surface area contributed by atoms with Crippen LogP contribution >= 0.6 is 11.3 Å². The number of benzene rings is 2. The minimum Gasteiger partial charge on any atom is -0.497 e. The molecule has 7 nitrogen and oxygen atoms in total. The Kier molecular flexibility index (Phi) is 7.07. The number of nitrogens with zero attached hydrogens (tertiary/aromatic N) is 3. The van der Waals surface area contributed by atoms with Crippen molar-refractivity contribution in [2.24, 2.45) is 0 Å². The minimum absolute atomic E-state index is 0.0933. The summed E-state index contributed by atoms with van der Waals surface area (Å²) in [6, 6.07) is 14.5. The van der Waals surface area contributed by atoms with Gasteiger partial charge in [-0.3, -0.25) is 4.79 Å². The summed E-state index contributed by atoms with van der Waals surface area (Å²) in [7, 11) is -2.02. The first-order chi connectivity index (χ1) is 15.5. The van der Waals surface area contributed by atoms with Gasteiger partial charge in [0.2, 0.25) is 15.9 Å². The molecule has 3 aromatic rings. The first-order valence-corrected chi connectivity index (χ1v) is 13.0. The Morgan fingerprint density at radius 1 is 1.03 bits per heavy atom. The van der Waals surface area contributed by atoms with E-state index >= 15 is 0 Å². The maximum Gasteiger partial charge on any atom is 0.243 e. The highest BCUT2D eigenvalue weighted by molar-refractivity contribution is 7.89. The molecule has 2 heterocycles. The molecule has 170 valence electrons. The molecule has 1 aliphatic heterocycles. The van der Waals surface area contributed by atoms with E-state index < -0.39 is 10.0 Å². The molecule has 0 bridgehead atoms. The van der Waals surface area contributed by atoms with Gasteiger partial charge in [0.25, 0.3) is 0 Å². The number of unbranched alkanes of at least 4 members (excludes halogenated alkanes) is 1. The Morgan fingerprint density at radius 2 is 1.75 bits per heavy atom. The predicted molar refractivity (Wildman–Crippen MR) is 126 cm³/mol. The summed E-state index contributed by atoms with van der Waals surface area (Å²) >= 11 is 1.71. The average molecular weight is 474 g/mol. The van der Waals surface area contributed by atoms with Gasteiger partial charge in [0.15, 0.2) is 0 Å². The zero-order valence-corrected chi connectivity index (χ0v) is 19.7. The number of carbonyl (C=O) groups is 1. The van der Waals surface area contributed by atoms with Crippen molar-refractivity contribution in [3.05, 3.63) is 53.5 Å². The summed E-state index contributed by atoms with van der Waals surface area (Å²) in [5.74, 6) is 0.707. The molecule has 0 saturated carbocycles. The molecule has 2 aromatic carbocycles. The van der Waals surface area contributed by atoms with Gasteiger partial charge in [-0.25, -0.2) is 13.4 Å². The molecule has 0 radical (unpaired) electrons. The Morgan fingerprint density at radius 3 is 2.44 bits per heavy atom. The normalized spacial score (nSPS) is 15.2. The van der Waals surface area contributed by atoms with Crippen molar-refractivity contribution >= 4 is 37.5 Å². The van der Waals surface area contributed by atoms with Crippen molar-refractivity contribution in [1.29, 1.82) is 0 Å². The van der Waals surface area contributed by atoms with E-state index in [1.165, 1.54) is 9.01 Å². The van der Waals surface area contributed by atoms with Gasteiger partial charge in [-0.1, -0.05) is 12.1 Å². The number of amides is 1. The molecule has 1 fully saturated rings. The lowest BCUT2D eigenvalue weighted by molar-refractivity contribution is -0.132. The van der Waals surface area contributed by atoms with Crippen LogP contribution in [0.3, 0.4) is 0 Å². The van der Waals surface area contributed by atoms with Crippen LogP contribution < -0.4 is 4.74 Å². The highest BCUT2D eigenvalue weighted by Crippen LogP contribution is 2.23. The number of hydrogen-bond donors (Lipinski definition) is 0. The maximum atomic E-state index is 12.9. The minimum atomic E-state index is -3.56. The monoisotopic (exact) mass is 473 g/mol. The number of aryl methyl sites for hydroxylation is 1. The molecule has 32 heavy (non-hydrogen) atoms. The van der Waals surface area contributed by atoms with E-state index in [0.717, 1.165) is 29.8 Å². The van der Waals surface area contributed by atoms with Gasteiger partial charge < -0.3 is 9.64 Å². The first-order valence-electron chi connectivity index (χ1n) is 10.7. The number of hydrogen-bond acceptors (Lipinski definition) is 6. The molecule has 0 aliphatic carbocycles. The fourth-order valence-corrected chi connectivity index (χ4v) is 6.24. The van der Waals surface area contributed by atoms with E-state index in [2.05, 4.69) is 11.1 Å². The molecule has 1 amide bonds. The predicted octanol–water partition coefficient (Wildman–Crippen LogP) is 3.55. The van der Waals surface area contributed by atoms with E-state index in [0.29, 0.717) is 38.3 Å². The SMILES string of the molecule is COc1ccc(S(=O)(=O)N2CCN(C(=O)CCCCc3nc4ccccc4s3)CC2)cc1. The van der Waals surface area contributed by atoms with Crippen molar-refractivity contribution in [1.82, 2.24) is 14.2 Å². The maximum absolute atomic E-state index is 12.9. The molecule has 0 unspecified atom stereocenters. The fraction of sp³-hybridized carbons (Fsp3) is 0.391. The Labute approximate surface area is 192 Å². The molecule has 0 N–H and O–H groups in total. The third kappa shape index (κ3) is 5.11. The van der Waals surface area contributed by atoms with E-state index in [9.17, 15) is 13.2 Å². The van der Waals surface area contributed by atoms with Crippen LogP contribution in [0, 0.1) is 0 Å². The van der Waals surface area contributed by atoms with Crippen LogP contribution in [0.5, 0.6) is 5.75 Å². The van der Waals surface area contributed by atoms with Gasteiger partial charge in [-0.05, 0) is 55.7 Å². The fourth-order valence-electron chi connectivity index (χ4n) is 3.81. The number of fused-ring (bicyclic) bond motifs is 1. The molecule has 1 saturated heterocycles. The zero-order valence-electron chi connectivity index (χ0n) is 18.1.